The fraction of sp³-hybridized carbons (Fsp3) is 0.812. The Bertz CT molecular complexity index is 1180. The van der Waals surface area contributed by atoms with Gasteiger partial charge in [-0.25, -0.2) is 0 Å². The van der Waals surface area contributed by atoms with Crippen molar-refractivity contribution in [1.29, 1.82) is 0 Å². The third kappa shape index (κ3) is 5.41. The van der Waals surface area contributed by atoms with Crippen molar-refractivity contribution >= 4 is 40.1 Å². The van der Waals surface area contributed by atoms with E-state index in [1.165, 1.54) is 0 Å². The summed E-state index contributed by atoms with van der Waals surface area (Å²) in [7, 11) is -3.53. The first-order valence-electron chi connectivity index (χ1n) is 16.3. The molecule has 0 amide bonds. The Kier molecular flexibility index (Phi) is 8.32. The summed E-state index contributed by atoms with van der Waals surface area (Å²) in [5.74, 6) is 0. The van der Waals surface area contributed by atoms with Gasteiger partial charge in [0.1, 0.15) is 0 Å². The van der Waals surface area contributed by atoms with E-state index in [1.807, 2.05) is 135 Å². The van der Waals surface area contributed by atoms with Crippen LogP contribution in [0.4, 0.5) is 0 Å². The molecule has 4 fully saturated rings. The van der Waals surface area contributed by atoms with E-state index in [2.05, 4.69) is 0 Å². The third-order valence-electron chi connectivity index (χ3n) is 12.3. The summed E-state index contributed by atoms with van der Waals surface area (Å²) in [4.78, 5) is 0. The smallest absolute Gasteiger partial charge is 0.403 e. The standard InChI is InChI=1S/C32H53B4ClO8/c1-24(2)25(3,4)39-33(38-24)23(34-40-26(5,6)27(7,8)41-34)32(21-18-17-19-22(37)20-21,35-42-28(9,10)29(11,12)43-35)36-44-30(13,14)31(15,16)45-36/h17-20,23H,1-16H3. The molecule has 0 unspecified atom stereocenters. The minimum absolute atomic E-state index is 0.548. The van der Waals surface area contributed by atoms with Gasteiger partial charge in [-0.1, -0.05) is 23.7 Å². The largest absolute Gasteiger partial charge is 0.466 e. The average Bonchev–Trinajstić information content (AvgIpc) is 3.37. The van der Waals surface area contributed by atoms with Crippen molar-refractivity contribution in [2.45, 2.75) is 167 Å². The molecule has 13 heteroatoms. The van der Waals surface area contributed by atoms with Gasteiger partial charge in [-0.15, -0.1) is 0 Å². The van der Waals surface area contributed by atoms with E-state index in [0.29, 0.717) is 5.02 Å². The number of hydrogen-bond acceptors (Lipinski definition) is 8. The maximum atomic E-state index is 7.03. The molecule has 1 aromatic carbocycles. The lowest BCUT2D eigenvalue weighted by molar-refractivity contribution is 0.00578. The van der Waals surface area contributed by atoms with E-state index in [0.717, 1.165) is 5.56 Å². The molecule has 4 aliphatic heterocycles. The van der Waals surface area contributed by atoms with Gasteiger partial charge < -0.3 is 37.2 Å². The zero-order valence-corrected chi connectivity index (χ0v) is 31.1. The molecule has 0 saturated carbocycles. The highest BCUT2D eigenvalue weighted by atomic mass is 35.5. The predicted molar refractivity (Wildman–Crippen MR) is 181 cm³/mol. The Hall–Kier alpha value is -0.550. The van der Waals surface area contributed by atoms with Crippen LogP contribution in [0.2, 0.25) is 10.7 Å². The maximum absolute atomic E-state index is 7.03. The normalized spacial score (nSPS) is 28.8. The van der Waals surface area contributed by atoms with Gasteiger partial charge in [0.2, 0.25) is 0 Å². The van der Waals surface area contributed by atoms with Gasteiger partial charge in [-0.3, -0.25) is 0 Å². The molecule has 4 saturated heterocycles. The van der Waals surface area contributed by atoms with Crippen molar-refractivity contribution in [2.24, 2.45) is 0 Å². The van der Waals surface area contributed by atoms with Crippen LogP contribution in [0.1, 0.15) is 116 Å². The summed E-state index contributed by atoms with van der Waals surface area (Å²) >= 11 is 6.81. The molecular weight excluding hydrogens is 591 g/mol. The second kappa shape index (κ2) is 10.5. The van der Waals surface area contributed by atoms with Crippen molar-refractivity contribution in [1.82, 2.24) is 0 Å². The molecule has 0 spiro atoms. The van der Waals surface area contributed by atoms with Gasteiger partial charge in [0.05, 0.1) is 50.0 Å². The topological polar surface area (TPSA) is 73.8 Å². The molecule has 0 aromatic heterocycles. The monoisotopic (exact) mass is 644 g/mol. The molecule has 248 valence electrons. The first kappa shape index (κ1) is 35.7. The molecule has 5 rings (SSSR count). The van der Waals surface area contributed by atoms with Gasteiger partial charge >= 0.3 is 28.5 Å². The van der Waals surface area contributed by atoms with Crippen LogP contribution in [0.25, 0.3) is 0 Å². The molecule has 45 heavy (non-hydrogen) atoms. The van der Waals surface area contributed by atoms with E-state index >= 15 is 0 Å². The summed E-state index contributed by atoms with van der Waals surface area (Å²) in [5.41, 5.74) is -5.37. The summed E-state index contributed by atoms with van der Waals surface area (Å²) in [6.07, 6.45) is 0. The van der Waals surface area contributed by atoms with E-state index < -0.39 is 84.2 Å². The first-order valence-corrected chi connectivity index (χ1v) is 16.7. The lowest BCUT2D eigenvalue weighted by atomic mass is 9.22. The predicted octanol–water partition coefficient (Wildman–Crippen LogP) is 6.93. The Balaban J connectivity index is 1.86. The lowest BCUT2D eigenvalue weighted by Crippen LogP contribution is -2.67. The van der Waals surface area contributed by atoms with Crippen molar-refractivity contribution in [2.75, 3.05) is 0 Å². The molecule has 4 heterocycles. The summed E-state index contributed by atoms with van der Waals surface area (Å²) in [6, 6.07) is 7.73. The highest BCUT2D eigenvalue weighted by Gasteiger charge is 2.79. The molecule has 0 radical (unpaired) electrons. The molecule has 1 aromatic rings. The number of benzene rings is 1. The zero-order chi connectivity index (χ0) is 34.0. The molecule has 0 aliphatic carbocycles. The van der Waals surface area contributed by atoms with Crippen molar-refractivity contribution in [3.8, 4) is 0 Å². The average molecular weight is 644 g/mol. The Labute approximate surface area is 278 Å². The van der Waals surface area contributed by atoms with E-state index in [-0.39, 0.29) is 0 Å². The van der Waals surface area contributed by atoms with Crippen LogP contribution >= 0.6 is 11.6 Å². The second-order valence-corrected chi connectivity index (χ2v) is 17.8. The van der Waals surface area contributed by atoms with Gasteiger partial charge in [0, 0.05) is 10.7 Å². The fourth-order valence-corrected chi connectivity index (χ4v) is 6.56. The zero-order valence-electron chi connectivity index (χ0n) is 30.3. The van der Waals surface area contributed by atoms with Crippen molar-refractivity contribution in [3.05, 3.63) is 34.9 Å². The van der Waals surface area contributed by atoms with Crippen LogP contribution in [-0.4, -0.2) is 73.3 Å². The molecular formula is C32H53B4ClO8. The van der Waals surface area contributed by atoms with Crippen molar-refractivity contribution in [3.63, 3.8) is 0 Å². The molecule has 4 aliphatic rings. The lowest BCUT2D eigenvalue weighted by Gasteiger charge is -2.44. The minimum atomic E-state index is -1.29. The number of halogens is 1. The van der Waals surface area contributed by atoms with Crippen LogP contribution in [0.15, 0.2) is 24.3 Å². The second-order valence-electron chi connectivity index (χ2n) is 17.4. The fourth-order valence-electron chi connectivity index (χ4n) is 6.37. The van der Waals surface area contributed by atoms with Crippen LogP contribution in [0, 0.1) is 0 Å². The van der Waals surface area contributed by atoms with Crippen LogP contribution in [-0.2, 0) is 42.4 Å². The molecule has 0 bridgehead atoms. The van der Waals surface area contributed by atoms with Crippen LogP contribution in [0.5, 0.6) is 0 Å². The summed E-state index contributed by atoms with van der Waals surface area (Å²) in [5, 5.41) is -0.741. The quantitative estimate of drug-likeness (QED) is 0.309. The van der Waals surface area contributed by atoms with E-state index in [9.17, 15) is 0 Å². The highest BCUT2D eigenvalue weighted by molar-refractivity contribution is 6.81. The van der Waals surface area contributed by atoms with Gasteiger partial charge in [-0.05, 0) is 128 Å². The Morgan fingerprint density at radius 3 is 1.07 bits per heavy atom. The van der Waals surface area contributed by atoms with Gasteiger partial charge in [0.25, 0.3) is 0 Å². The molecule has 8 nitrogen and oxygen atoms in total. The van der Waals surface area contributed by atoms with E-state index in [4.69, 9.17) is 48.8 Å². The Morgan fingerprint density at radius 2 is 0.778 bits per heavy atom. The van der Waals surface area contributed by atoms with Gasteiger partial charge in [0.15, 0.2) is 0 Å². The summed E-state index contributed by atoms with van der Waals surface area (Å²) < 4.78 is 55.8. The third-order valence-corrected chi connectivity index (χ3v) is 12.5. The SMILES string of the molecule is CC1(C)OB(C(B2OC(C)(C)C(C)(C)O2)C(B2OC(C)(C)C(C)(C)O2)(B2OC(C)(C)C(C)(C)O2)c2cccc(Cl)c2)OC1(C)C. The Morgan fingerprint density at radius 1 is 0.489 bits per heavy atom. The number of hydrogen-bond donors (Lipinski definition) is 0. The maximum Gasteiger partial charge on any atom is 0.466 e. The van der Waals surface area contributed by atoms with Gasteiger partial charge in [-0.2, -0.15) is 0 Å². The van der Waals surface area contributed by atoms with Crippen molar-refractivity contribution < 1.29 is 37.2 Å². The summed E-state index contributed by atoms with van der Waals surface area (Å²) in [6.45, 7) is 32.6. The first-order chi connectivity index (χ1) is 20.1. The highest BCUT2D eigenvalue weighted by Crippen LogP contribution is 2.59. The van der Waals surface area contributed by atoms with E-state index in [1.54, 1.807) is 0 Å². The number of rotatable bonds is 6. The van der Waals surface area contributed by atoms with Crippen LogP contribution < -0.4 is 0 Å². The minimum Gasteiger partial charge on any atom is -0.403 e. The molecule has 0 N–H and O–H groups in total. The molecule has 0 atom stereocenters. The van der Waals surface area contributed by atoms with Crippen LogP contribution in [0.3, 0.4) is 0 Å².